The third-order valence-corrected chi connectivity index (χ3v) is 8.06. The fourth-order valence-corrected chi connectivity index (χ4v) is 5.64. The number of benzene rings is 2. The predicted molar refractivity (Wildman–Crippen MR) is 163 cm³/mol. The first-order valence-corrected chi connectivity index (χ1v) is 14.4. The van der Waals surface area contributed by atoms with Gasteiger partial charge in [-0.3, -0.25) is 4.79 Å². The van der Waals surface area contributed by atoms with Crippen LogP contribution in [0.5, 0.6) is 5.75 Å². The van der Waals surface area contributed by atoms with Crippen molar-refractivity contribution >= 4 is 28.7 Å². The standard InChI is InChI=1S/C32H36N6O4/c1-36-10-5-11-37(13-12-36)31(39)26-18-22(8-9-28(26)35-32(40)38-14-16-42-17-15-38)23-19-25-27(21-34-30(25)33-20-23)24-6-3-4-7-29(24)41-2/h3-4,6-9,18-21H,5,10-17H2,1-2H3,(H,33,34)(H,35,40). The topological polar surface area (TPSA) is 103 Å². The maximum atomic E-state index is 14.0. The Morgan fingerprint density at radius 3 is 2.60 bits per heavy atom. The van der Waals surface area contributed by atoms with Crippen molar-refractivity contribution in [1.82, 2.24) is 24.7 Å². The summed E-state index contributed by atoms with van der Waals surface area (Å²) in [5.74, 6) is 0.690. The number of aromatic amines is 1. The minimum absolute atomic E-state index is 0.0881. The van der Waals surface area contributed by atoms with Crippen molar-refractivity contribution in [3.05, 3.63) is 66.5 Å². The van der Waals surface area contributed by atoms with E-state index in [-0.39, 0.29) is 11.9 Å². The summed E-state index contributed by atoms with van der Waals surface area (Å²) in [6, 6.07) is 15.4. The first kappa shape index (κ1) is 27.7. The van der Waals surface area contributed by atoms with Crippen molar-refractivity contribution in [3.63, 3.8) is 0 Å². The normalized spacial score (nSPS) is 16.3. The maximum absolute atomic E-state index is 14.0. The second-order valence-corrected chi connectivity index (χ2v) is 10.8. The highest BCUT2D eigenvalue weighted by Crippen LogP contribution is 2.36. The van der Waals surface area contributed by atoms with Crippen LogP contribution in [0.25, 0.3) is 33.3 Å². The van der Waals surface area contributed by atoms with Crippen LogP contribution in [0.2, 0.25) is 0 Å². The number of urea groups is 1. The van der Waals surface area contributed by atoms with E-state index >= 15 is 0 Å². The predicted octanol–water partition coefficient (Wildman–Crippen LogP) is 4.55. The van der Waals surface area contributed by atoms with Crippen LogP contribution in [0.15, 0.2) is 60.9 Å². The number of H-pyrrole nitrogens is 1. The molecule has 4 aromatic rings. The second-order valence-electron chi connectivity index (χ2n) is 10.8. The third kappa shape index (κ3) is 5.68. The molecule has 0 saturated carbocycles. The summed E-state index contributed by atoms with van der Waals surface area (Å²) in [5, 5.41) is 3.96. The van der Waals surface area contributed by atoms with Crippen LogP contribution in [-0.2, 0) is 4.74 Å². The lowest BCUT2D eigenvalue weighted by Gasteiger charge is -2.28. The van der Waals surface area contributed by atoms with Gasteiger partial charge in [0.2, 0.25) is 0 Å². The van der Waals surface area contributed by atoms with E-state index in [0.29, 0.717) is 50.6 Å². The summed E-state index contributed by atoms with van der Waals surface area (Å²) in [6.07, 6.45) is 4.65. The molecule has 10 heteroatoms. The molecule has 4 heterocycles. The third-order valence-electron chi connectivity index (χ3n) is 8.06. The number of anilines is 1. The summed E-state index contributed by atoms with van der Waals surface area (Å²) in [4.78, 5) is 40.9. The molecule has 2 aliphatic rings. The first-order chi connectivity index (χ1) is 20.5. The number of pyridine rings is 1. The molecule has 2 saturated heterocycles. The van der Waals surface area contributed by atoms with E-state index in [4.69, 9.17) is 14.5 Å². The number of rotatable bonds is 5. The summed E-state index contributed by atoms with van der Waals surface area (Å²) >= 11 is 0. The quantitative estimate of drug-likeness (QED) is 0.366. The van der Waals surface area contributed by atoms with Gasteiger partial charge in [-0.25, -0.2) is 9.78 Å². The molecule has 2 aromatic heterocycles. The van der Waals surface area contributed by atoms with Crippen LogP contribution in [0.3, 0.4) is 0 Å². The zero-order chi connectivity index (χ0) is 29.1. The minimum atomic E-state index is -0.229. The van der Waals surface area contributed by atoms with Crippen LogP contribution in [-0.4, -0.2) is 103 Å². The molecular formula is C32H36N6O4. The van der Waals surface area contributed by atoms with Gasteiger partial charge in [-0.2, -0.15) is 0 Å². The minimum Gasteiger partial charge on any atom is -0.496 e. The molecule has 42 heavy (non-hydrogen) atoms. The van der Waals surface area contributed by atoms with Gasteiger partial charge in [-0.05, 0) is 49.8 Å². The van der Waals surface area contributed by atoms with Crippen molar-refractivity contribution in [2.24, 2.45) is 0 Å². The SMILES string of the molecule is COc1ccccc1-c1c[nH]c2ncc(-c3ccc(NC(=O)N4CCOCC4)c(C(=O)N4CCCN(C)CC4)c3)cc12. The van der Waals surface area contributed by atoms with Gasteiger partial charge in [0.25, 0.3) is 5.91 Å². The van der Waals surface area contributed by atoms with Crippen molar-refractivity contribution < 1.29 is 19.1 Å². The molecular weight excluding hydrogens is 532 g/mol. The van der Waals surface area contributed by atoms with E-state index in [1.54, 1.807) is 18.2 Å². The van der Waals surface area contributed by atoms with Crippen molar-refractivity contribution in [2.75, 3.05) is 72.0 Å². The van der Waals surface area contributed by atoms with Crippen LogP contribution in [0, 0.1) is 0 Å². The number of morpholine rings is 1. The van der Waals surface area contributed by atoms with E-state index in [9.17, 15) is 9.59 Å². The number of para-hydroxylation sites is 1. The number of ether oxygens (including phenoxy) is 2. The number of aromatic nitrogens is 2. The number of hydrogen-bond acceptors (Lipinski definition) is 6. The Hall–Kier alpha value is -4.41. The summed E-state index contributed by atoms with van der Waals surface area (Å²) in [5.41, 5.74) is 5.40. The maximum Gasteiger partial charge on any atom is 0.322 e. The molecule has 0 unspecified atom stereocenters. The Balaban J connectivity index is 1.38. The molecule has 0 spiro atoms. The number of amides is 3. The number of likely N-dealkylation sites (N-methyl/N-ethyl adjacent to an activating group) is 1. The van der Waals surface area contributed by atoms with Gasteiger partial charge < -0.3 is 34.5 Å². The molecule has 2 aromatic carbocycles. The number of carbonyl (C=O) groups is 2. The molecule has 0 bridgehead atoms. The van der Waals surface area contributed by atoms with Gasteiger partial charge in [0.15, 0.2) is 0 Å². The van der Waals surface area contributed by atoms with E-state index < -0.39 is 0 Å². The summed E-state index contributed by atoms with van der Waals surface area (Å²) < 4.78 is 11.0. The van der Waals surface area contributed by atoms with Crippen molar-refractivity contribution in [1.29, 1.82) is 0 Å². The average molecular weight is 569 g/mol. The van der Waals surface area contributed by atoms with Crippen molar-refractivity contribution in [3.8, 4) is 28.0 Å². The number of carbonyl (C=O) groups excluding carboxylic acids is 2. The van der Waals surface area contributed by atoms with E-state index in [1.807, 2.05) is 53.6 Å². The molecule has 2 fully saturated rings. The molecule has 2 aliphatic heterocycles. The lowest BCUT2D eigenvalue weighted by atomic mass is 9.99. The van der Waals surface area contributed by atoms with Crippen molar-refractivity contribution in [2.45, 2.75) is 6.42 Å². The highest BCUT2D eigenvalue weighted by Gasteiger charge is 2.25. The fraction of sp³-hybridized carbons (Fsp3) is 0.344. The first-order valence-electron chi connectivity index (χ1n) is 14.4. The monoisotopic (exact) mass is 568 g/mol. The smallest absolute Gasteiger partial charge is 0.322 e. The Bertz CT molecular complexity index is 1600. The van der Waals surface area contributed by atoms with Gasteiger partial charge in [0, 0.05) is 67.2 Å². The van der Waals surface area contributed by atoms with Crippen LogP contribution in [0.1, 0.15) is 16.8 Å². The average Bonchev–Trinajstić information content (AvgIpc) is 3.33. The molecule has 10 nitrogen and oxygen atoms in total. The molecule has 3 amide bonds. The van der Waals surface area contributed by atoms with Gasteiger partial charge in [-0.15, -0.1) is 0 Å². The number of nitrogens with zero attached hydrogens (tertiary/aromatic N) is 4. The molecule has 2 N–H and O–H groups in total. The fourth-order valence-electron chi connectivity index (χ4n) is 5.64. The van der Waals surface area contributed by atoms with E-state index in [0.717, 1.165) is 58.5 Å². The number of methoxy groups -OCH3 is 1. The Labute approximate surface area is 245 Å². The second kappa shape index (κ2) is 12.2. The Morgan fingerprint density at radius 1 is 0.929 bits per heavy atom. The van der Waals surface area contributed by atoms with Gasteiger partial charge in [0.1, 0.15) is 11.4 Å². The lowest BCUT2D eigenvalue weighted by Crippen LogP contribution is -2.43. The highest BCUT2D eigenvalue weighted by molar-refractivity contribution is 6.05. The number of hydrogen-bond donors (Lipinski definition) is 2. The highest BCUT2D eigenvalue weighted by atomic mass is 16.5. The van der Waals surface area contributed by atoms with E-state index in [2.05, 4.69) is 28.3 Å². The van der Waals surface area contributed by atoms with Crippen LogP contribution in [0.4, 0.5) is 10.5 Å². The Kier molecular flexibility index (Phi) is 8.07. The molecule has 0 radical (unpaired) electrons. The molecule has 0 atom stereocenters. The van der Waals surface area contributed by atoms with Crippen LogP contribution < -0.4 is 10.1 Å². The summed E-state index contributed by atoms with van der Waals surface area (Å²) in [7, 11) is 3.74. The van der Waals surface area contributed by atoms with Gasteiger partial charge in [-0.1, -0.05) is 24.3 Å². The van der Waals surface area contributed by atoms with Gasteiger partial charge >= 0.3 is 6.03 Å². The van der Waals surface area contributed by atoms with Gasteiger partial charge in [0.05, 0.1) is 31.6 Å². The largest absolute Gasteiger partial charge is 0.496 e. The number of nitrogens with one attached hydrogen (secondary N) is 2. The molecule has 218 valence electrons. The summed E-state index contributed by atoms with van der Waals surface area (Å²) in [6.45, 7) is 5.10. The molecule has 0 aliphatic carbocycles. The number of fused-ring (bicyclic) bond motifs is 1. The lowest BCUT2D eigenvalue weighted by molar-refractivity contribution is 0.0564. The van der Waals surface area contributed by atoms with E-state index in [1.165, 1.54) is 0 Å². The zero-order valence-electron chi connectivity index (χ0n) is 24.1. The zero-order valence-corrected chi connectivity index (χ0v) is 24.1. The van der Waals surface area contributed by atoms with Crippen LogP contribution >= 0.6 is 0 Å². The Morgan fingerprint density at radius 2 is 1.76 bits per heavy atom. The molecule has 6 rings (SSSR count).